The standard InChI is InChI=1S/C17H18ClNO3/c1-22-16(12-7-3-2-4-8-12)17(21)19-11-15(20)13-9-5-6-10-14(13)18/h2-10,15-16,20H,11H2,1H3,(H,19,21)/t15-,16-/m0/s1. The van der Waals surface area contributed by atoms with E-state index in [2.05, 4.69) is 5.32 Å². The fraction of sp³-hybridized carbons (Fsp3) is 0.235. The average molecular weight is 320 g/mol. The Bertz CT molecular complexity index is 618. The van der Waals surface area contributed by atoms with Crippen molar-refractivity contribution in [1.29, 1.82) is 0 Å². The van der Waals surface area contributed by atoms with E-state index in [0.717, 1.165) is 5.56 Å². The lowest BCUT2D eigenvalue weighted by atomic mass is 10.1. The second-order valence-corrected chi connectivity index (χ2v) is 5.22. The van der Waals surface area contributed by atoms with Crippen LogP contribution in [0.5, 0.6) is 0 Å². The minimum absolute atomic E-state index is 0.0647. The van der Waals surface area contributed by atoms with E-state index in [9.17, 15) is 9.90 Å². The highest BCUT2D eigenvalue weighted by Gasteiger charge is 2.21. The van der Waals surface area contributed by atoms with Gasteiger partial charge in [-0.05, 0) is 11.6 Å². The van der Waals surface area contributed by atoms with Crippen LogP contribution in [0.2, 0.25) is 5.02 Å². The fourth-order valence-corrected chi connectivity index (χ4v) is 2.43. The second kappa shape index (κ2) is 7.94. The van der Waals surface area contributed by atoms with E-state index in [1.807, 2.05) is 30.3 Å². The number of nitrogens with one attached hydrogen (secondary N) is 1. The van der Waals surface area contributed by atoms with Gasteiger partial charge in [0.1, 0.15) is 0 Å². The van der Waals surface area contributed by atoms with Crippen LogP contribution >= 0.6 is 11.6 Å². The molecule has 2 aromatic carbocycles. The molecule has 4 nitrogen and oxygen atoms in total. The van der Waals surface area contributed by atoms with Gasteiger partial charge in [0.15, 0.2) is 6.10 Å². The Kier molecular flexibility index (Phi) is 5.95. The number of hydrogen-bond acceptors (Lipinski definition) is 3. The molecule has 116 valence electrons. The number of hydrogen-bond donors (Lipinski definition) is 2. The summed E-state index contributed by atoms with van der Waals surface area (Å²) in [6.45, 7) is 0.0647. The fourth-order valence-electron chi connectivity index (χ4n) is 2.17. The van der Waals surface area contributed by atoms with Crippen LogP contribution in [0.3, 0.4) is 0 Å². The molecule has 2 atom stereocenters. The predicted octanol–water partition coefficient (Wildman–Crippen LogP) is 2.88. The summed E-state index contributed by atoms with van der Waals surface area (Å²) in [5.41, 5.74) is 1.34. The van der Waals surface area contributed by atoms with Gasteiger partial charge in [0.25, 0.3) is 5.91 Å². The normalized spacial score (nSPS) is 13.4. The molecule has 0 fully saturated rings. The van der Waals surface area contributed by atoms with Crippen LogP contribution < -0.4 is 5.32 Å². The zero-order chi connectivity index (χ0) is 15.9. The van der Waals surface area contributed by atoms with E-state index >= 15 is 0 Å². The average Bonchev–Trinajstić information content (AvgIpc) is 2.55. The zero-order valence-electron chi connectivity index (χ0n) is 12.2. The molecule has 0 saturated carbocycles. The van der Waals surface area contributed by atoms with Crippen LogP contribution in [0.4, 0.5) is 0 Å². The van der Waals surface area contributed by atoms with Gasteiger partial charge in [-0.3, -0.25) is 4.79 Å². The van der Waals surface area contributed by atoms with Crippen molar-refractivity contribution in [3.8, 4) is 0 Å². The lowest BCUT2D eigenvalue weighted by Gasteiger charge is -2.18. The Balaban J connectivity index is 1.98. The van der Waals surface area contributed by atoms with Crippen molar-refractivity contribution in [3.63, 3.8) is 0 Å². The molecule has 0 aliphatic rings. The number of halogens is 1. The summed E-state index contributed by atoms with van der Waals surface area (Å²) in [5, 5.41) is 13.3. The molecule has 0 spiro atoms. The van der Waals surface area contributed by atoms with Crippen molar-refractivity contribution in [2.75, 3.05) is 13.7 Å². The molecule has 0 heterocycles. The molecular formula is C17H18ClNO3. The number of carbonyl (C=O) groups excluding carboxylic acids is 1. The Morgan fingerprint density at radius 3 is 2.45 bits per heavy atom. The van der Waals surface area contributed by atoms with Crippen LogP contribution in [0, 0.1) is 0 Å². The van der Waals surface area contributed by atoms with Crippen LogP contribution in [0.25, 0.3) is 0 Å². The maximum absolute atomic E-state index is 12.2. The molecule has 0 bridgehead atoms. The van der Waals surface area contributed by atoms with Gasteiger partial charge in [0.2, 0.25) is 0 Å². The molecule has 0 aliphatic carbocycles. The minimum atomic E-state index is -0.870. The molecule has 2 aromatic rings. The number of ether oxygens (including phenoxy) is 1. The molecule has 0 saturated heterocycles. The minimum Gasteiger partial charge on any atom is -0.387 e. The molecule has 5 heteroatoms. The molecule has 0 radical (unpaired) electrons. The number of methoxy groups -OCH3 is 1. The first kappa shape index (κ1) is 16.5. The van der Waals surface area contributed by atoms with Gasteiger partial charge in [-0.15, -0.1) is 0 Å². The lowest BCUT2D eigenvalue weighted by Crippen LogP contribution is -2.33. The van der Waals surface area contributed by atoms with E-state index in [1.54, 1.807) is 24.3 Å². The van der Waals surface area contributed by atoms with Crippen LogP contribution in [-0.2, 0) is 9.53 Å². The van der Waals surface area contributed by atoms with E-state index < -0.39 is 12.2 Å². The second-order valence-electron chi connectivity index (χ2n) is 4.81. The van der Waals surface area contributed by atoms with E-state index in [4.69, 9.17) is 16.3 Å². The number of amides is 1. The third-order valence-corrected chi connectivity index (χ3v) is 3.65. The number of aliphatic hydroxyl groups excluding tert-OH is 1. The summed E-state index contributed by atoms with van der Waals surface area (Å²) in [6.07, 6.45) is -1.58. The Hall–Kier alpha value is -1.88. The highest BCUT2D eigenvalue weighted by molar-refractivity contribution is 6.31. The van der Waals surface area contributed by atoms with E-state index in [0.29, 0.717) is 10.6 Å². The van der Waals surface area contributed by atoms with E-state index in [-0.39, 0.29) is 12.5 Å². The molecule has 0 unspecified atom stereocenters. The van der Waals surface area contributed by atoms with Crippen molar-refractivity contribution < 1.29 is 14.6 Å². The Morgan fingerprint density at radius 1 is 1.18 bits per heavy atom. The third-order valence-electron chi connectivity index (χ3n) is 3.31. The van der Waals surface area contributed by atoms with Gasteiger partial charge in [0, 0.05) is 24.2 Å². The number of rotatable bonds is 6. The molecule has 0 aromatic heterocycles. The van der Waals surface area contributed by atoms with Crippen LogP contribution in [0.15, 0.2) is 54.6 Å². The Morgan fingerprint density at radius 2 is 1.82 bits per heavy atom. The Labute approximate surface area is 134 Å². The monoisotopic (exact) mass is 319 g/mol. The molecule has 1 amide bonds. The quantitative estimate of drug-likeness (QED) is 0.860. The first-order valence-corrected chi connectivity index (χ1v) is 7.29. The summed E-state index contributed by atoms with van der Waals surface area (Å²) in [6, 6.07) is 16.2. The number of aliphatic hydroxyl groups is 1. The van der Waals surface area contributed by atoms with Crippen molar-refractivity contribution in [2.45, 2.75) is 12.2 Å². The van der Waals surface area contributed by atoms with Crippen molar-refractivity contribution in [2.24, 2.45) is 0 Å². The first-order valence-electron chi connectivity index (χ1n) is 6.91. The van der Waals surface area contributed by atoms with E-state index in [1.165, 1.54) is 7.11 Å². The molecule has 2 N–H and O–H groups in total. The van der Waals surface area contributed by atoms with Gasteiger partial charge < -0.3 is 15.2 Å². The van der Waals surface area contributed by atoms with Crippen molar-refractivity contribution in [3.05, 3.63) is 70.7 Å². The summed E-state index contributed by atoms with van der Waals surface area (Å²) < 4.78 is 5.24. The largest absolute Gasteiger partial charge is 0.387 e. The topological polar surface area (TPSA) is 58.6 Å². The van der Waals surface area contributed by atoms with Gasteiger partial charge in [-0.1, -0.05) is 60.1 Å². The molecule has 22 heavy (non-hydrogen) atoms. The van der Waals surface area contributed by atoms with Crippen LogP contribution in [0.1, 0.15) is 23.3 Å². The summed E-state index contributed by atoms with van der Waals surface area (Å²) in [7, 11) is 1.47. The van der Waals surface area contributed by atoms with Gasteiger partial charge in [0.05, 0.1) is 6.10 Å². The van der Waals surface area contributed by atoms with Gasteiger partial charge in [-0.2, -0.15) is 0 Å². The molecule has 0 aliphatic heterocycles. The summed E-state index contributed by atoms with van der Waals surface area (Å²) in [5.74, 6) is -0.306. The number of carbonyl (C=O) groups is 1. The van der Waals surface area contributed by atoms with Gasteiger partial charge in [-0.25, -0.2) is 0 Å². The SMILES string of the molecule is CO[C@H](C(=O)NC[C@H](O)c1ccccc1Cl)c1ccccc1. The highest BCUT2D eigenvalue weighted by Crippen LogP contribution is 2.22. The summed E-state index contributed by atoms with van der Waals surface area (Å²) in [4.78, 5) is 12.2. The van der Waals surface area contributed by atoms with Gasteiger partial charge >= 0.3 is 0 Å². The van der Waals surface area contributed by atoms with Crippen molar-refractivity contribution >= 4 is 17.5 Å². The predicted molar refractivity (Wildman–Crippen MR) is 85.6 cm³/mol. The van der Waals surface area contributed by atoms with Crippen LogP contribution in [-0.4, -0.2) is 24.7 Å². The smallest absolute Gasteiger partial charge is 0.253 e. The zero-order valence-corrected chi connectivity index (χ0v) is 13.0. The lowest BCUT2D eigenvalue weighted by molar-refractivity contribution is -0.131. The third kappa shape index (κ3) is 4.07. The highest BCUT2D eigenvalue weighted by atomic mass is 35.5. The maximum Gasteiger partial charge on any atom is 0.253 e. The molecule has 2 rings (SSSR count). The molecular weight excluding hydrogens is 302 g/mol. The number of benzene rings is 2. The maximum atomic E-state index is 12.2. The van der Waals surface area contributed by atoms with Crippen molar-refractivity contribution in [1.82, 2.24) is 5.32 Å². The summed E-state index contributed by atoms with van der Waals surface area (Å²) >= 11 is 6.02. The first-order chi connectivity index (χ1) is 10.6.